The van der Waals surface area contributed by atoms with Crippen molar-refractivity contribution in [2.45, 2.75) is 0 Å². The summed E-state index contributed by atoms with van der Waals surface area (Å²) in [5.41, 5.74) is 11.3. The van der Waals surface area contributed by atoms with Crippen LogP contribution in [0.3, 0.4) is 0 Å². The Hall–Kier alpha value is -7.50. The molecule has 8 aromatic carbocycles. The topological polar surface area (TPSA) is 48.3 Å². The maximum absolute atomic E-state index is 6.83. The van der Waals surface area contributed by atoms with E-state index in [1.54, 1.807) is 0 Å². The summed E-state index contributed by atoms with van der Waals surface area (Å²) in [6, 6.07) is 60.4. The minimum absolute atomic E-state index is 0.649. The van der Waals surface area contributed by atoms with Crippen molar-refractivity contribution in [1.82, 2.24) is 18.9 Å². The zero-order chi connectivity index (χ0) is 35.8. The second kappa shape index (κ2) is 10.6. The van der Waals surface area contributed by atoms with Gasteiger partial charge in [0.2, 0.25) is 0 Å². The number of furan rings is 1. The first-order chi connectivity index (χ1) is 27.3. The number of aromatic nitrogens is 4. The monoisotopic (exact) mass is 700 g/mol. The highest BCUT2D eigenvalue weighted by Crippen LogP contribution is 2.48. The van der Waals surface area contributed by atoms with E-state index in [1.165, 1.54) is 59.8 Å². The summed E-state index contributed by atoms with van der Waals surface area (Å²) < 4.78 is 11.7. The third kappa shape index (κ3) is 3.81. The Kier molecular flexibility index (Phi) is 5.57. The van der Waals surface area contributed by atoms with E-state index in [9.17, 15) is 0 Å². The van der Waals surface area contributed by atoms with E-state index in [1.807, 2.05) is 18.2 Å². The summed E-state index contributed by atoms with van der Waals surface area (Å²) in [5.74, 6) is 1.37. The molecule has 5 nitrogen and oxygen atoms in total. The molecule has 0 aliphatic rings. The molecule has 0 saturated heterocycles. The Morgan fingerprint density at radius 3 is 1.89 bits per heavy atom. The maximum atomic E-state index is 6.83. The Labute approximate surface area is 313 Å². The van der Waals surface area contributed by atoms with Crippen LogP contribution in [0.15, 0.2) is 174 Å². The predicted molar refractivity (Wildman–Crippen MR) is 227 cm³/mol. The molecular weight excluding hydrogens is 673 g/mol. The molecule has 0 aliphatic heterocycles. The lowest BCUT2D eigenvalue weighted by molar-refractivity contribution is 0.662. The molecule has 0 unspecified atom stereocenters. The van der Waals surface area contributed by atoms with Gasteiger partial charge in [-0.3, -0.25) is 4.57 Å². The van der Waals surface area contributed by atoms with E-state index in [0.29, 0.717) is 11.4 Å². The normalized spacial score (nSPS) is 12.4. The Morgan fingerprint density at radius 1 is 0.418 bits per heavy atom. The summed E-state index contributed by atoms with van der Waals surface area (Å²) in [7, 11) is 0. The van der Waals surface area contributed by atoms with Crippen molar-refractivity contribution in [3.63, 3.8) is 0 Å². The molecule has 0 saturated carbocycles. The molecule has 0 fully saturated rings. The number of hydrogen-bond donors (Lipinski definition) is 0. The van der Waals surface area contributed by atoms with Gasteiger partial charge in [-0.1, -0.05) is 140 Å². The van der Waals surface area contributed by atoms with Gasteiger partial charge in [0.05, 0.1) is 27.6 Å². The fourth-order valence-electron chi connectivity index (χ4n) is 9.28. The molecule has 0 radical (unpaired) electrons. The van der Waals surface area contributed by atoms with Crippen molar-refractivity contribution in [2.24, 2.45) is 0 Å². The quantitative estimate of drug-likeness (QED) is 0.184. The van der Waals surface area contributed by atoms with Crippen LogP contribution in [-0.2, 0) is 0 Å². The molecule has 0 amide bonds. The van der Waals surface area contributed by atoms with Gasteiger partial charge in [-0.2, -0.15) is 0 Å². The molecule has 13 rings (SSSR count). The molecule has 0 aliphatic carbocycles. The number of benzene rings is 8. The smallest absolute Gasteiger partial charge is 0.197 e. The average molecular weight is 701 g/mol. The Morgan fingerprint density at radius 2 is 1.05 bits per heavy atom. The summed E-state index contributed by atoms with van der Waals surface area (Å²) in [6.07, 6.45) is 0. The van der Waals surface area contributed by atoms with Gasteiger partial charge < -0.3 is 8.82 Å². The summed E-state index contributed by atoms with van der Waals surface area (Å²) in [6.45, 7) is 0. The lowest BCUT2D eigenvalue weighted by Gasteiger charge is -2.12. The highest BCUT2D eigenvalue weighted by atomic mass is 16.3. The van der Waals surface area contributed by atoms with E-state index in [2.05, 4.69) is 161 Å². The molecule has 0 N–H and O–H groups in total. The molecule has 55 heavy (non-hydrogen) atoms. The first-order valence-corrected chi connectivity index (χ1v) is 18.7. The first kappa shape index (κ1) is 29.0. The van der Waals surface area contributed by atoms with E-state index in [-0.39, 0.29) is 0 Å². The van der Waals surface area contributed by atoms with Gasteiger partial charge in [0.15, 0.2) is 17.2 Å². The average Bonchev–Trinajstić information content (AvgIpc) is 3.99. The van der Waals surface area contributed by atoms with Crippen LogP contribution in [0.25, 0.3) is 121 Å². The highest BCUT2D eigenvalue weighted by molar-refractivity contribution is 6.35. The summed E-state index contributed by atoms with van der Waals surface area (Å²) in [4.78, 5) is 10.8. The van der Waals surface area contributed by atoms with Gasteiger partial charge in [-0.05, 0) is 46.8 Å². The van der Waals surface area contributed by atoms with E-state index >= 15 is 0 Å². The molecule has 5 heterocycles. The van der Waals surface area contributed by atoms with Crippen molar-refractivity contribution in [3.05, 3.63) is 170 Å². The lowest BCUT2D eigenvalue weighted by Crippen LogP contribution is -2.02. The van der Waals surface area contributed by atoms with Crippen LogP contribution in [0.2, 0.25) is 0 Å². The third-order valence-corrected chi connectivity index (χ3v) is 11.6. The maximum Gasteiger partial charge on any atom is 0.197 e. The van der Waals surface area contributed by atoms with Gasteiger partial charge in [0, 0.05) is 48.7 Å². The van der Waals surface area contributed by atoms with Crippen molar-refractivity contribution in [1.29, 1.82) is 0 Å². The number of fused-ring (bicyclic) bond motifs is 15. The number of para-hydroxylation sites is 3. The van der Waals surface area contributed by atoms with E-state index in [4.69, 9.17) is 14.4 Å². The van der Waals surface area contributed by atoms with Crippen molar-refractivity contribution in [3.8, 4) is 28.3 Å². The zero-order valence-electron chi connectivity index (χ0n) is 29.4. The van der Waals surface area contributed by atoms with Crippen LogP contribution in [0.5, 0.6) is 0 Å². The largest absolute Gasteiger partial charge is 0.450 e. The SMILES string of the molecule is c1ccc(-c2ccc(-c3nc(-n4c5c6ccccc6ccc5c5cc6c7ccccc7n7c8ccccc8c(c54)c67)c4oc5ccccc5c4n3)cc2)cc1. The molecule has 254 valence electrons. The van der Waals surface area contributed by atoms with E-state index in [0.717, 1.165) is 49.9 Å². The standard InChI is InChI=1S/C50H28N4O/c1-2-12-29(13-3-1)30-22-24-32(25-23-30)49-51-44-37-18-8-11-21-42(37)55-48(44)50(52-49)54-45-33-15-5-4-14-31(33)26-27-35(45)39-28-38-34-16-6-9-19-40(34)53-41-20-10-7-17-36(41)43(46(38)53)47(39)54/h1-28H. The molecule has 5 heteroatoms. The van der Waals surface area contributed by atoms with Crippen molar-refractivity contribution >= 4 is 92.7 Å². The predicted octanol–water partition coefficient (Wildman–Crippen LogP) is 13.1. The van der Waals surface area contributed by atoms with Gasteiger partial charge in [0.25, 0.3) is 0 Å². The van der Waals surface area contributed by atoms with Crippen LogP contribution >= 0.6 is 0 Å². The second-order valence-corrected chi connectivity index (χ2v) is 14.5. The molecule has 0 spiro atoms. The molecular formula is C50H28N4O. The Balaban J connectivity index is 1.24. The van der Waals surface area contributed by atoms with Crippen LogP contribution < -0.4 is 0 Å². The van der Waals surface area contributed by atoms with Crippen molar-refractivity contribution < 1.29 is 4.42 Å². The van der Waals surface area contributed by atoms with Crippen LogP contribution in [0, 0.1) is 0 Å². The minimum Gasteiger partial charge on any atom is -0.450 e. The minimum atomic E-state index is 0.649. The number of nitrogens with zero attached hydrogens (tertiary/aromatic N) is 4. The zero-order valence-corrected chi connectivity index (χ0v) is 29.4. The van der Waals surface area contributed by atoms with E-state index < -0.39 is 0 Å². The molecule has 13 aromatic rings. The third-order valence-electron chi connectivity index (χ3n) is 11.6. The van der Waals surface area contributed by atoms with Crippen LogP contribution in [-0.4, -0.2) is 18.9 Å². The molecule has 0 atom stereocenters. The fraction of sp³-hybridized carbons (Fsp3) is 0. The fourth-order valence-corrected chi connectivity index (χ4v) is 9.28. The van der Waals surface area contributed by atoms with Gasteiger partial charge >= 0.3 is 0 Å². The van der Waals surface area contributed by atoms with Gasteiger partial charge in [-0.25, -0.2) is 9.97 Å². The van der Waals surface area contributed by atoms with Gasteiger partial charge in [-0.15, -0.1) is 0 Å². The Bertz CT molecular complexity index is 3700. The highest BCUT2D eigenvalue weighted by Gasteiger charge is 2.28. The second-order valence-electron chi connectivity index (χ2n) is 14.5. The lowest BCUT2D eigenvalue weighted by atomic mass is 10.0. The van der Waals surface area contributed by atoms with Crippen molar-refractivity contribution in [2.75, 3.05) is 0 Å². The summed E-state index contributed by atoms with van der Waals surface area (Å²) >= 11 is 0. The van der Waals surface area contributed by atoms with Gasteiger partial charge in [0.1, 0.15) is 11.1 Å². The first-order valence-electron chi connectivity index (χ1n) is 18.7. The molecule has 0 bridgehead atoms. The number of hydrogen-bond acceptors (Lipinski definition) is 3. The molecule has 5 aromatic heterocycles. The van der Waals surface area contributed by atoms with Crippen LogP contribution in [0.1, 0.15) is 0 Å². The number of rotatable bonds is 3. The van der Waals surface area contributed by atoms with Crippen LogP contribution in [0.4, 0.5) is 0 Å². The summed E-state index contributed by atoms with van der Waals surface area (Å²) in [5, 5.41) is 10.5.